The second kappa shape index (κ2) is 8.09. The van der Waals surface area contributed by atoms with Crippen molar-refractivity contribution in [3.05, 3.63) is 30.1 Å². The summed E-state index contributed by atoms with van der Waals surface area (Å²) in [6, 6.07) is 7.38. The third-order valence-electron chi connectivity index (χ3n) is 3.46. The molecule has 0 aliphatic carbocycles. The Labute approximate surface area is 110 Å². The summed E-state index contributed by atoms with van der Waals surface area (Å²) in [6.07, 6.45) is 3.51. The van der Waals surface area contributed by atoms with Crippen LogP contribution >= 0.6 is 0 Å². The van der Waals surface area contributed by atoms with Crippen molar-refractivity contribution in [3.63, 3.8) is 0 Å². The van der Waals surface area contributed by atoms with E-state index in [1.165, 1.54) is 25.0 Å². The smallest absolute Gasteiger partial charge is 0.123 e. The molecule has 0 radical (unpaired) electrons. The molecular formula is C15H25FN2. The highest BCUT2D eigenvalue weighted by Crippen LogP contribution is 2.15. The Morgan fingerprint density at radius 1 is 1.22 bits per heavy atom. The second-order valence-electron chi connectivity index (χ2n) is 4.59. The standard InChI is InChI=1S/C15H25FN2/c1-4-14(17-3)7-6-12-18(5-2)15-10-8-13(16)9-11-15/h8-11,14,17H,4-7,12H2,1-3H3. The van der Waals surface area contributed by atoms with E-state index in [0.717, 1.165) is 25.2 Å². The molecule has 1 aromatic carbocycles. The number of halogens is 1. The molecule has 102 valence electrons. The summed E-state index contributed by atoms with van der Waals surface area (Å²) >= 11 is 0. The fraction of sp³-hybridized carbons (Fsp3) is 0.600. The van der Waals surface area contributed by atoms with Crippen molar-refractivity contribution in [1.29, 1.82) is 0 Å². The van der Waals surface area contributed by atoms with E-state index in [9.17, 15) is 4.39 Å². The lowest BCUT2D eigenvalue weighted by Crippen LogP contribution is -2.28. The molecule has 0 heterocycles. The van der Waals surface area contributed by atoms with Crippen LogP contribution in [0.1, 0.15) is 33.1 Å². The van der Waals surface area contributed by atoms with Gasteiger partial charge in [0, 0.05) is 24.8 Å². The van der Waals surface area contributed by atoms with Crippen molar-refractivity contribution in [3.8, 4) is 0 Å². The maximum Gasteiger partial charge on any atom is 0.123 e. The lowest BCUT2D eigenvalue weighted by Gasteiger charge is -2.24. The van der Waals surface area contributed by atoms with E-state index in [2.05, 4.69) is 24.1 Å². The second-order valence-corrected chi connectivity index (χ2v) is 4.59. The molecule has 0 aromatic heterocycles. The van der Waals surface area contributed by atoms with Gasteiger partial charge in [-0.2, -0.15) is 0 Å². The third kappa shape index (κ3) is 4.65. The van der Waals surface area contributed by atoms with E-state index >= 15 is 0 Å². The minimum Gasteiger partial charge on any atom is -0.372 e. The predicted octanol–water partition coefficient (Wildman–Crippen LogP) is 3.43. The summed E-state index contributed by atoms with van der Waals surface area (Å²) in [5.74, 6) is -0.170. The summed E-state index contributed by atoms with van der Waals surface area (Å²) in [6.45, 7) is 6.33. The van der Waals surface area contributed by atoms with Gasteiger partial charge in [0.15, 0.2) is 0 Å². The Bertz CT molecular complexity index is 320. The van der Waals surface area contributed by atoms with Crippen LogP contribution in [0, 0.1) is 5.82 Å². The molecule has 0 aliphatic heterocycles. The van der Waals surface area contributed by atoms with E-state index in [1.54, 1.807) is 0 Å². The van der Waals surface area contributed by atoms with Gasteiger partial charge in [-0.15, -0.1) is 0 Å². The first-order valence-corrected chi connectivity index (χ1v) is 6.89. The van der Waals surface area contributed by atoms with Gasteiger partial charge in [-0.25, -0.2) is 4.39 Å². The van der Waals surface area contributed by atoms with Crippen molar-refractivity contribution in [2.45, 2.75) is 39.2 Å². The van der Waals surface area contributed by atoms with Gasteiger partial charge in [-0.3, -0.25) is 0 Å². The molecule has 0 spiro atoms. The number of benzene rings is 1. The third-order valence-corrected chi connectivity index (χ3v) is 3.46. The zero-order valence-electron chi connectivity index (χ0n) is 11.7. The zero-order chi connectivity index (χ0) is 13.4. The molecule has 2 nitrogen and oxygen atoms in total. The first kappa shape index (κ1) is 15.0. The Balaban J connectivity index is 2.44. The highest BCUT2D eigenvalue weighted by Gasteiger charge is 2.07. The lowest BCUT2D eigenvalue weighted by atomic mass is 10.1. The molecule has 0 amide bonds. The van der Waals surface area contributed by atoms with E-state index < -0.39 is 0 Å². The highest BCUT2D eigenvalue weighted by atomic mass is 19.1. The van der Waals surface area contributed by atoms with Crippen LogP contribution in [0.15, 0.2) is 24.3 Å². The zero-order valence-corrected chi connectivity index (χ0v) is 11.7. The van der Waals surface area contributed by atoms with Crippen molar-refractivity contribution in [2.24, 2.45) is 0 Å². The Hall–Kier alpha value is -1.09. The molecule has 1 aromatic rings. The van der Waals surface area contributed by atoms with Crippen LogP contribution in [-0.2, 0) is 0 Å². The van der Waals surface area contributed by atoms with E-state index in [1.807, 2.05) is 19.2 Å². The van der Waals surface area contributed by atoms with E-state index in [0.29, 0.717) is 6.04 Å². The van der Waals surface area contributed by atoms with Gasteiger partial charge in [0.2, 0.25) is 0 Å². The number of nitrogens with one attached hydrogen (secondary N) is 1. The molecule has 0 saturated heterocycles. The lowest BCUT2D eigenvalue weighted by molar-refractivity contribution is 0.490. The normalized spacial score (nSPS) is 12.4. The molecule has 1 rings (SSSR count). The topological polar surface area (TPSA) is 15.3 Å². The van der Waals surface area contributed by atoms with Crippen molar-refractivity contribution >= 4 is 5.69 Å². The first-order valence-electron chi connectivity index (χ1n) is 6.89. The van der Waals surface area contributed by atoms with Crippen molar-refractivity contribution in [1.82, 2.24) is 5.32 Å². The quantitative estimate of drug-likeness (QED) is 0.762. The number of nitrogens with zero attached hydrogens (tertiary/aromatic N) is 1. The molecule has 3 heteroatoms. The number of hydrogen-bond donors (Lipinski definition) is 1. The highest BCUT2D eigenvalue weighted by molar-refractivity contribution is 5.45. The largest absolute Gasteiger partial charge is 0.372 e. The molecular weight excluding hydrogens is 227 g/mol. The van der Waals surface area contributed by atoms with E-state index in [-0.39, 0.29) is 5.82 Å². The van der Waals surface area contributed by atoms with Gasteiger partial charge in [-0.1, -0.05) is 6.92 Å². The van der Waals surface area contributed by atoms with Gasteiger partial charge in [-0.05, 0) is 57.5 Å². The molecule has 0 saturated carbocycles. The van der Waals surface area contributed by atoms with Gasteiger partial charge in [0.05, 0.1) is 0 Å². The average Bonchev–Trinajstić information content (AvgIpc) is 2.41. The molecule has 1 unspecified atom stereocenters. The van der Waals surface area contributed by atoms with E-state index in [4.69, 9.17) is 0 Å². The van der Waals surface area contributed by atoms with Crippen LogP contribution < -0.4 is 10.2 Å². The van der Waals surface area contributed by atoms with Gasteiger partial charge in [0.25, 0.3) is 0 Å². The monoisotopic (exact) mass is 252 g/mol. The Kier molecular flexibility index (Phi) is 6.73. The maximum atomic E-state index is 12.9. The fourth-order valence-electron chi connectivity index (χ4n) is 2.20. The molecule has 0 fully saturated rings. The van der Waals surface area contributed by atoms with Crippen molar-refractivity contribution < 1.29 is 4.39 Å². The van der Waals surface area contributed by atoms with Gasteiger partial charge < -0.3 is 10.2 Å². The van der Waals surface area contributed by atoms with Crippen molar-refractivity contribution in [2.75, 3.05) is 25.0 Å². The number of hydrogen-bond acceptors (Lipinski definition) is 2. The fourth-order valence-corrected chi connectivity index (χ4v) is 2.20. The van der Waals surface area contributed by atoms with Gasteiger partial charge >= 0.3 is 0 Å². The van der Waals surface area contributed by atoms with Crippen LogP contribution in [0.3, 0.4) is 0 Å². The van der Waals surface area contributed by atoms with Crippen LogP contribution in [0.4, 0.5) is 10.1 Å². The molecule has 18 heavy (non-hydrogen) atoms. The Morgan fingerprint density at radius 2 is 1.89 bits per heavy atom. The predicted molar refractivity (Wildman–Crippen MR) is 76.7 cm³/mol. The first-order chi connectivity index (χ1) is 8.71. The molecule has 0 bridgehead atoms. The average molecular weight is 252 g/mol. The summed E-state index contributed by atoms with van der Waals surface area (Å²) in [5.41, 5.74) is 1.11. The SMILES string of the molecule is CCC(CCCN(CC)c1ccc(F)cc1)NC. The summed E-state index contributed by atoms with van der Waals surface area (Å²) < 4.78 is 12.9. The maximum absolute atomic E-state index is 12.9. The summed E-state index contributed by atoms with van der Waals surface area (Å²) in [5, 5.41) is 3.32. The summed E-state index contributed by atoms with van der Waals surface area (Å²) in [7, 11) is 2.02. The molecule has 1 N–H and O–H groups in total. The Morgan fingerprint density at radius 3 is 2.39 bits per heavy atom. The van der Waals surface area contributed by atoms with Crippen LogP contribution in [0.2, 0.25) is 0 Å². The van der Waals surface area contributed by atoms with Gasteiger partial charge in [0.1, 0.15) is 5.82 Å². The minimum atomic E-state index is -0.170. The molecule has 0 aliphatic rings. The van der Waals surface area contributed by atoms with Crippen LogP contribution in [0.25, 0.3) is 0 Å². The summed E-state index contributed by atoms with van der Waals surface area (Å²) in [4.78, 5) is 2.29. The minimum absolute atomic E-state index is 0.170. The number of anilines is 1. The van der Waals surface area contributed by atoms with Crippen LogP contribution in [0.5, 0.6) is 0 Å². The number of rotatable bonds is 8. The van der Waals surface area contributed by atoms with Crippen LogP contribution in [-0.4, -0.2) is 26.2 Å². The molecule has 1 atom stereocenters.